The summed E-state index contributed by atoms with van der Waals surface area (Å²) in [5.41, 5.74) is 1.60. The van der Waals surface area contributed by atoms with E-state index in [9.17, 15) is 4.79 Å². The number of para-hydroxylation sites is 1. The fraction of sp³-hybridized carbons (Fsp3) is 0.200. The van der Waals surface area contributed by atoms with Gasteiger partial charge >= 0.3 is 5.97 Å². The minimum absolute atomic E-state index is 0.214. The molecule has 0 spiro atoms. The molecule has 0 atom stereocenters. The zero-order valence-corrected chi connectivity index (χ0v) is 14.6. The van der Waals surface area contributed by atoms with Crippen LogP contribution in [0.3, 0.4) is 0 Å². The molecule has 0 aromatic heterocycles. The maximum Gasteiger partial charge on any atom is 0.363 e. The van der Waals surface area contributed by atoms with Crippen molar-refractivity contribution >= 4 is 29.5 Å². The molecular formula is C20H18ClNO3. The van der Waals surface area contributed by atoms with Gasteiger partial charge in [-0.25, -0.2) is 9.79 Å². The van der Waals surface area contributed by atoms with Crippen LogP contribution in [0.5, 0.6) is 5.75 Å². The normalized spacial score (nSPS) is 15.2. The van der Waals surface area contributed by atoms with Gasteiger partial charge in [-0.3, -0.25) is 0 Å². The maximum atomic E-state index is 12.2. The number of esters is 1. The number of cyclic esters (lactones) is 1. The quantitative estimate of drug-likeness (QED) is 0.422. The van der Waals surface area contributed by atoms with Crippen molar-refractivity contribution in [3.63, 3.8) is 0 Å². The van der Waals surface area contributed by atoms with Crippen molar-refractivity contribution in [1.29, 1.82) is 0 Å². The number of halogens is 1. The molecule has 2 aromatic carbocycles. The van der Waals surface area contributed by atoms with Crippen molar-refractivity contribution in [3.05, 3.63) is 70.4 Å². The molecule has 0 saturated heterocycles. The predicted octanol–water partition coefficient (Wildman–Crippen LogP) is 4.86. The molecule has 0 fully saturated rings. The van der Waals surface area contributed by atoms with E-state index in [1.165, 1.54) is 0 Å². The minimum Gasteiger partial charge on any atom is -0.493 e. The summed E-state index contributed by atoms with van der Waals surface area (Å²) in [6, 6.07) is 14.7. The van der Waals surface area contributed by atoms with Gasteiger partial charge < -0.3 is 9.47 Å². The largest absolute Gasteiger partial charge is 0.493 e. The Morgan fingerprint density at radius 2 is 1.92 bits per heavy atom. The summed E-state index contributed by atoms with van der Waals surface area (Å²) in [7, 11) is 0. The number of ether oxygens (including phenoxy) is 2. The molecule has 5 heteroatoms. The molecule has 0 radical (unpaired) electrons. The minimum atomic E-state index is -0.502. The average Bonchev–Trinajstić information content (AvgIpc) is 2.97. The second-order valence-corrected chi connectivity index (χ2v) is 5.96. The Hall–Kier alpha value is -2.59. The Labute approximate surface area is 151 Å². The van der Waals surface area contributed by atoms with Crippen LogP contribution in [0, 0.1) is 0 Å². The number of unbranched alkanes of at least 4 members (excludes halogenated alkanes) is 1. The lowest BCUT2D eigenvalue weighted by Crippen LogP contribution is -2.05. The van der Waals surface area contributed by atoms with Gasteiger partial charge in [0.2, 0.25) is 5.90 Å². The van der Waals surface area contributed by atoms with Crippen LogP contribution in [0.2, 0.25) is 5.02 Å². The molecule has 0 aliphatic carbocycles. The lowest BCUT2D eigenvalue weighted by molar-refractivity contribution is -0.129. The molecule has 0 unspecified atom stereocenters. The van der Waals surface area contributed by atoms with Crippen molar-refractivity contribution in [2.75, 3.05) is 6.61 Å². The molecular weight excluding hydrogens is 338 g/mol. The van der Waals surface area contributed by atoms with E-state index >= 15 is 0 Å². The second-order valence-electron chi connectivity index (χ2n) is 5.56. The Bertz CT molecular complexity index is 842. The third kappa shape index (κ3) is 4.09. The summed E-state index contributed by atoms with van der Waals surface area (Å²) in [5, 5.41) is 0.485. The average molecular weight is 356 g/mol. The van der Waals surface area contributed by atoms with Gasteiger partial charge in [0, 0.05) is 5.56 Å². The Morgan fingerprint density at radius 3 is 2.72 bits per heavy atom. The fourth-order valence-electron chi connectivity index (χ4n) is 2.36. The first-order chi connectivity index (χ1) is 12.2. The van der Waals surface area contributed by atoms with Crippen molar-refractivity contribution in [1.82, 2.24) is 0 Å². The lowest BCUT2D eigenvalue weighted by atomic mass is 10.1. The Morgan fingerprint density at radius 1 is 1.16 bits per heavy atom. The Kier molecular flexibility index (Phi) is 5.51. The van der Waals surface area contributed by atoms with Crippen molar-refractivity contribution in [2.24, 2.45) is 4.99 Å². The van der Waals surface area contributed by atoms with E-state index in [0.717, 1.165) is 24.2 Å². The van der Waals surface area contributed by atoms with Gasteiger partial charge in [0.25, 0.3) is 0 Å². The van der Waals surface area contributed by atoms with Gasteiger partial charge in [-0.05, 0) is 30.7 Å². The highest BCUT2D eigenvalue weighted by Crippen LogP contribution is 2.26. The number of hydrogen-bond donors (Lipinski definition) is 0. The van der Waals surface area contributed by atoms with Crippen LogP contribution in [0.15, 0.2) is 59.2 Å². The standard InChI is InChI=1S/C20H18ClNO3/c1-2-3-12-24-18-11-7-4-8-14(18)13-17-20(23)25-19(22-17)15-9-5-6-10-16(15)21/h4-11,13H,2-3,12H2,1H3/b17-13-. The summed E-state index contributed by atoms with van der Waals surface area (Å²) in [6.45, 7) is 2.74. The molecule has 0 bridgehead atoms. The summed E-state index contributed by atoms with van der Waals surface area (Å²) in [4.78, 5) is 16.5. The van der Waals surface area contributed by atoms with Gasteiger partial charge in [0.05, 0.1) is 17.2 Å². The van der Waals surface area contributed by atoms with Gasteiger partial charge in [-0.15, -0.1) is 0 Å². The summed E-state index contributed by atoms with van der Waals surface area (Å²) >= 11 is 6.14. The van der Waals surface area contributed by atoms with Crippen molar-refractivity contribution in [2.45, 2.75) is 19.8 Å². The van der Waals surface area contributed by atoms with Crippen LogP contribution in [0.25, 0.3) is 6.08 Å². The third-order valence-corrected chi connectivity index (χ3v) is 4.02. The molecule has 2 aromatic rings. The maximum absolute atomic E-state index is 12.2. The fourth-order valence-corrected chi connectivity index (χ4v) is 2.58. The van der Waals surface area contributed by atoms with Crippen LogP contribution in [0.1, 0.15) is 30.9 Å². The molecule has 0 N–H and O–H groups in total. The van der Waals surface area contributed by atoms with E-state index in [4.69, 9.17) is 21.1 Å². The highest BCUT2D eigenvalue weighted by molar-refractivity contribution is 6.34. The van der Waals surface area contributed by atoms with Crippen LogP contribution in [0.4, 0.5) is 0 Å². The molecule has 1 aliphatic rings. The zero-order chi connectivity index (χ0) is 17.6. The molecule has 128 valence electrons. The first kappa shape index (κ1) is 17.2. The third-order valence-electron chi connectivity index (χ3n) is 3.69. The van der Waals surface area contributed by atoms with Gasteiger partial charge in [0.1, 0.15) is 5.75 Å². The summed E-state index contributed by atoms with van der Waals surface area (Å²) in [6.07, 6.45) is 3.70. The number of carbonyl (C=O) groups excluding carboxylic acids is 1. The van der Waals surface area contributed by atoms with E-state index in [1.807, 2.05) is 36.4 Å². The molecule has 3 rings (SSSR count). The highest BCUT2D eigenvalue weighted by Gasteiger charge is 2.25. The molecule has 1 aliphatic heterocycles. The molecule has 0 saturated carbocycles. The number of rotatable bonds is 6. The first-order valence-electron chi connectivity index (χ1n) is 8.18. The SMILES string of the molecule is CCCCOc1ccccc1/C=C1\N=C(c2ccccc2Cl)OC1=O. The highest BCUT2D eigenvalue weighted by atomic mass is 35.5. The van der Waals surface area contributed by atoms with Crippen LogP contribution in [-0.4, -0.2) is 18.5 Å². The second kappa shape index (κ2) is 7.99. The van der Waals surface area contributed by atoms with E-state index in [1.54, 1.807) is 18.2 Å². The Balaban J connectivity index is 1.89. The van der Waals surface area contributed by atoms with Gasteiger partial charge in [0.15, 0.2) is 5.70 Å². The van der Waals surface area contributed by atoms with Crippen molar-refractivity contribution < 1.29 is 14.3 Å². The predicted molar refractivity (Wildman–Crippen MR) is 98.9 cm³/mol. The summed E-state index contributed by atoms with van der Waals surface area (Å²) < 4.78 is 11.1. The number of nitrogens with zero attached hydrogens (tertiary/aromatic N) is 1. The summed E-state index contributed by atoms with van der Waals surface area (Å²) in [5.74, 6) is 0.433. The number of carbonyl (C=O) groups is 1. The van der Waals surface area contributed by atoms with Crippen LogP contribution >= 0.6 is 11.6 Å². The topological polar surface area (TPSA) is 47.9 Å². The number of benzene rings is 2. The van der Waals surface area contributed by atoms with E-state index in [2.05, 4.69) is 11.9 Å². The number of hydrogen-bond acceptors (Lipinski definition) is 4. The molecule has 25 heavy (non-hydrogen) atoms. The smallest absolute Gasteiger partial charge is 0.363 e. The zero-order valence-electron chi connectivity index (χ0n) is 13.9. The van der Waals surface area contributed by atoms with Gasteiger partial charge in [-0.2, -0.15) is 0 Å². The monoisotopic (exact) mass is 355 g/mol. The molecule has 0 amide bonds. The van der Waals surface area contributed by atoms with Crippen LogP contribution < -0.4 is 4.74 Å². The van der Waals surface area contributed by atoms with E-state index in [0.29, 0.717) is 17.2 Å². The van der Waals surface area contributed by atoms with Crippen molar-refractivity contribution in [3.8, 4) is 5.75 Å². The van der Waals surface area contributed by atoms with Crippen LogP contribution in [-0.2, 0) is 9.53 Å². The molecule has 4 nitrogen and oxygen atoms in total. The first-order valence-corrected chi connectivity index (χ1v) is 8.56. The molecule has 1 heterocycles. The van der Waals surface area contributed by atoms with E-state index in [-0.39, 0.29) is 11.6 Å². The van der Waals surface area contributed by atoms with Gasteiger partial charge in [-0.1, -0.05) is 55.3 Å². The van der Waals surface area contributed by atoms with E-state index < -0.39 is 5.97 Å². The lowest BCUT2D eigenvalue weighted by Gasteiger charge is -2.08. The number of aliphatic imine (C=N–C) groups is 1.